The van der Waals surface area contributed by atoms with E-state index in [1.807, 2.05) is 5.32 Å². The minimum Gasteiger partial charge on any atom is -0.275 e. The van der Waals surface area contributed by atoms with E-state index in [1.54, 1.807) is 31.2 Å². The quantitative estimate of drug-likeness (QED) is 0.862. The largest absolute Gasteiger partial charge is 0.347 e. The summed E-state index contributed by atoms with van der Waals surface area (Å²) >= 11 is 5.78. The van der Waals surface area contributed by atoms with Crippen molar-refractivity contribution in [3.8, 4) is 0 Å². The van der Waals surface area contributed by atoms with Crippen LogP contribution in [0.2, 0.25) is 5.02 Å². The fourth-order valence-corrected chi connectivity index (χ4v) is 3.84. The highest BCUT2D eigenvalue weighted by Crippen LogP contribution is 2.18. The highest BCUT2D eigenvalue weighted by Gasteiger charge is 2.39. The molecule has 1 aromatic carbocycles. The predicted octanol–water partition coefficient (Wildman–Crippen LogP) is 1.40. The summed E-state index contributed by atoms with van der Waals surface area (Å²) in [7, 11) is -4.04. The third-order valence-electron chi connectivity index (χ3n) is 3.15. The monoisotopic (exact) mass is 343 g/mol. The molecule has 7 nitrogen and oxygen atoms in total. The maximum Gasteiger partial charge on any atom is 0.347 e. The van der Waals surface area contributed by atoms with Gasteiger partial charge in [-0.3, -0.25) is 10.1 Å². The molecular formula is C13H14ClN3O4S. The van der Waals surface area contributed by atoms with Gasteiger partial charge in [-0.2, -0.15) is 0 Å². The second kappa shape index (κ2) is 6.15. The van der Waals surface area contributed by atoms with Gasteiger partial charge in [0.2, 0.25) is 10.0 Å². The molecule has 2 unspecified atom stereocenters. The highest BCUT2D eigenvalue weighted by molar-refractivity contribution is 7.91. The number of nitrogens with zero attached hydrogens (tertiary/aromatic N) is 1. The SMILES string of the molecule is CC1=NC(=O)NC(=O)C1S(=O)(=O)NC(C)c1ccc(Cl)cc1. The fraction of sp³-hybridized carbons (Fsp3) is 0.308. The fourth-order valence-electron chi connectivity index (χ4n) is 2.11. The maximum atomic E-state index is 12.4. The summed E-state index contributed by atoms with van der Waals surface area (Å²) in [5.41, 5.74) is 0.624. The van der Waals surface area contributed by atoms with Gasteiger partial charge in [0.15, 0.2) is 5.25 Å². The molecule has 1 aliphatic heterocycles. The number of carbonyl (C=O) groups is 2. The van der Waals surface area contributed by atoms with Crippen molar-refractivity contribution in [3.05, 3.63) is 34.9 Å². The minimum atomic E-state index is -4.04. The lowest BCUT2D eigenvalue weighted by atomic mass is 10.1. The summed E-state index contributed by atoms with van der Waals surface area (Å²) in [5, 5.41) is 0.891. The Labute approximate surface area is 132 Å². The molecule has 2 N–H and O–H groups in total. The van der Waals surface area contributed by atoms with Crippen LogP contribution >= 0.6 is 11.6 Å². The molecule has 0 saturated heterocycles. The minimum absolute atomic E-state index is 0.0652. The zero-order valence-electron chi connectivity index (χ0n) is 11.8. The topological polar surface area (TPSA) is 105 Å². The Kier molecular flexibility index (Phi) is 4.64. The summed E-state index contributed by atoms with van der Waals surface area (Å²) < 4.78 is 27.2. The zero-order valence-corrected chi connectivity index (χ0v) is 13.4. The van der Waals surface area contributed by atoms with Gasteiger partial charge in [-0.15, -0.1) is 0 Å². The molecule has 0 aromatic heterocycles. The molecule has 0 aliphatic carbocycles. The van der Waals surface area contributed by atoms with Crippen molar-refractivity contribution in [2.45, 2.75) is 25.1 Å². The van der Waals surface area contributed by atoms with Crippen molar-refractivity contribution in [1.29, 1.82) is 0 Å². The second-order valence-electron chi connectivity index (χ2n) is 4.86. The van der Waals surface area contributed by atoms with Crippen LogP contribution in [0.3, 0.4) is 0 Å². The van der Waals surface area contributed by atoms with Crippen LogP contribution in [0, 0.1) is 0 Å². The number of hydrogen-bond donors (Lipinski definition) is 2. The number of amides is 3. The first-order chi connectivity index (χ1) is 10.2. The third kappa shape index (κ3) is 3.52. The van der Waals surface area contributed by atoms with Crippen LogP contribution in [0.25, 0.3) is 0 Å². The first-order valence-electron chi connectivity index (χ1n) is 6.37. The highest BCUT2D eigenvalue weighted by atomic mass is 35.5. The molecule has 9 heteroatoms. The van der Waals surface area contributed by atoms with Crippen molar-refractivity contribution >= 4 is 39.3 Å². The van der Waals surface area contributed by atoms with E-state index in [-0.39, 0.29) is 5.71 Å². The third-order valence-corrected chi connectivity index (χ3v) is 5.26. The second-order valence-corrected chi connectivity index (χ2v) is 7.10. The van der Waals surface area contributed by atoms with Crippen LogP contribution in [0.1, 0.15) is 25.5 Å². The number of hydrogen-bond acceptors (Lipinski definition) is 4. The van der Waals surface area contributed by atoms with Crippen molar-refractivity contribution in [1.82, 2.24) is 10.0 Å². The Morgan fingerprint density at radius 1 is 1.27 bits per heavy atom. The number of urea groups is 1. The molecule has 0 fully saturated rings. The van der Waals surface area contributed by atoms with Crippen LogP contribution in [0.5, 0.6) is 0 Å². The van der Waals surface area contributed by atoms with Crippen molar-refractivity contribution in [2.24, 2.45) is 4.99 Å². The van der Waals surface area contributed by atoms with Crippen molar-refractivity contribution in [3.63, 3.8) is 0 Å². The van der Waals surface area contributed by atoms with Crippen LogP contribution < -0.4 is 10.0 Å². The van der Waals surface area contributed by atoms with Gasteiger partial charge in [0.1, 0.15) is 0 Å². The summed E-state index contributed by atoms with van der Waals surface area (Å²) in [5.74, 6) is -0.909. The molecule has 118 valence electrons. The van der Waals surface area contributed by atoms with Crippen molar-refractivity contribution in [2.75, 3.05) is 0 Å². The van der Waals surface area contributed by atoms with E-state index >= 15 is 0 Å². The normalized spacial score (nSPS) is 20.3. The Bertz CT molecular complexity index is 743. The van der Waals surface area contributed by atoms with Crippen LogP contribution in [0.15, 0.2) is 29.3 Å². The van der Waals surface area contributed by atoms with Gasteiger partial charge in [-0.05, 0) is 31.5 Å². The standard InChI is InChI=1S/C13H14ClN3O4S/c1-7(9-3-5-10(14)6-4-9)17-22(20,21)11-8(2)15-13(19)16-12(11)18/h3-7,11,17H,1-2H3,(H,16,18,19). The molecule has 0 spiro atoms. The van der Waals surface area contributed by atoms with E-state index in [1.165, 1.54) is 6.92 Å². The number of benzene rings is 1. The lowest BCUT2D eigenvalue weighted by Crippen LogP contribution is -2.53. The van der Waals surface area contributed by atoms with Crippen LogP contribution in [-0.2, 0) is 14.8 Å². The van der Waals surface area contributed by atoms with Crippen LogP contribution in [-0.4, -0.2) is 31.3 Å². The first kappa shape index (κ1) is 16.6. The summed E-state index contributed by atoms with van der Waals surface area (Å²) in [4.78, 5) is 26.3. The lowest BCUT2D eigenvalue weighted by molar-refractivity contribution is -0.118. The average Bonchev–Trinajstić information content (AvgIpc) is 2.36. The molecule has 2 atom stereocenters. The molecule has 1 heterocycles. The van der Waals surface area contributed by atoms with E-state index in [9.17, 15) is 18.0 Å². The van der Waals surface area contributed by atoms with E-state index in [2.05, 4.69) is 9.71 Å². The average molecular weight is 344 g/mol. The molecule has 0 radical (unpaired) electrons. The lowest BCUT2D eigenvalue weighted by Gasteiger charge is -2.22. The Morgan fingerprint density at radius 3 is 2.41 bits per heavy atom. The van der Waals surface area contributed by atoms with E-state index < -0.39 is 33.3 Å². The number of imide groups is 1. The smallest absolute Gasteiger partial charge is 0.275 e. The molecule has 22 heavy (non-hydrogen) atoms. The first-order valence-corrected chi connectivity index (χ1v) is 8.30. The number of nitrogens with one attached hydrogen (secondary N) is 2. The molecule has 0 saturated carbocycles. The van der Waals surface area contributed by atoms with Gasteiger partial charge in [0.05, 0.1) is 0 Å². The van der Waals surface area contributed by atoms with Gasteiger partial charge in [0, 0.05) is 16.8 Å². The van der Waals surface area contributed by atoms with Gasteiger partial charge in [-0.1, -0.05) is 23.7 Å². The maximum absolute atomic E-state index is 12.4. The van der Waals surface area contributed by atoms with E-state index in [4.69, 9.17) is 11.6 Å². The molecule has 1 aromatic rings. The number of sulfonamides is 1. The molecule has 3 amide bonds. The van der Waals surface area contributed by atoms with Gasteiger partial charge in [-0.25, -0.2) is 22.9 Å². The Morgan fingerprint density at radius 2 is 1.86 bits per heavy atom. The number of halogens is 1. The Balaban J connectivity index is 2.24. The molecular weight excluding hydrogens is 330 g/mol. The molecule has 2 rings (SSSR count). The molecule has 1 aliphatic rings. The van der Waals surface area contributed by atoms with Gasteiger partial charge in [0.25, 0.3) is 5.91 Å². The van der Waals surface area contributed by atoms with E-state index in [0.717, 1.165) is 0 Å². The summed E-state index contributed by atoms with van der Waals surface area (Å²) in [6.07, 6.45) is 0. The predicted molar refractivity (Wildman–Crippen MR) is 82.4 cm³/mol. The van der Waals surface area contributed by atoms with Crippen LogP contribution in [0.4, 0.5) is 4.79 Å². The zero-order chi connectivity index (χ0) is 16.5. The summed E-state index contributed by atoms with van der Waals surface area (Å²) in [6, 6.07) is 5.21. The van der Waals surface area contributed by atoms with Gasteiger partial charge >= 0.3 is 6.03 Å². The van der Waals surface area contributed by atoms with Crippen molar-refractivity contribution < 1.29 is 18.0 Å². The number of carbonyl (C=O) groups excluding carboxylic acids is 2. The number of aliphatic imine (C=N–C) groups is 1. The Hall–Kier alpha value is -1.77. The summed E-state index contributed by atoms with van der Waals surface area (Å²) in [6.45, 7) is 2.96. The van der Waals surface area contributed by atoms with Gasteiger partial charge < -0.3 is 0 Å². The van der Waals surface area contributed by atoms with E-state index in [0.29, 0.717) is 10.6 Å². The molecule has 0 bridgehead atoms. The number of rotatable bonds is 4.